The van der Waals surface area contributed by atoms with Crippen LogP contribution in [0.1, 0.15) is 57.7 Å². The maximum absolute atomic E-state index is 12.6. The number of hydrogen-bond donors (Lipinski definition) is 3. The van der Waals surface area contributed by atoms with Gasteiger partial charge in [-0.2, -0.15) is 4.98 Å². The fraction of sp³-hybridized carbons (Fsp3) is 0.619. The highest BCUT2D eigenvalue weighted by atomic mass is 16.5. The molecule has 1 aliphatic heterocycles. The van der Waals surface area contributed by atoms with E-state index in [-0.39, 0.29) is 18.8 Å². The van der Waals surface area contributed by atoms with E-state index in [1.54, 1.807) is 6.34 Å². The Kier molecular flexibility index (Phi) is 9.83. The van der Waals surface area contributed by atoms with Gasteiger partial charge in [-0.3, -0.25) is 4.57 Å². The molecule has 1 aliphatic rings. The molecule has 3 N–H and O–H groups in total. The van der Waals surface area contributed by atoms with Crippen LogP contribution in [-0.4, -0.2) is 74.0 Å². The minimum Gasteiger partial charge on any atom is -0.478 e. The number of unbranched alkanes of at least 4 members (excludes halogenated alkanes) is 2. The van der Waals surface area contributed by atoms with Crippen LogP contribution < -0.4 is 5.69 Å². The smallest absolute Gasteiger partial charge is 0.351 e. The molecule has 10 nitrogen and oxygen atoms in total. The van der Waals surface area contributed by atoms with Crippen LogP contribution in [0, 0.1) is 0 Å². The Labute approximate surface area is 181 Å². The maximum atomic E-state index is 12.6. The van der Waals surface area contributed by atoms with Crippen LogP contribution >= 0.6 is 0 Å². The molecule has 0 aromatic carbocycles. The molecule has 3 atom stereocenters. The first kappa shape index (κ1) is 24.7. The lowest BCUT2D eigenvalue weighted by Gasteiger charge is -2.19. The number of ether oxygens (including phenoxy) is 1. The van der Waals surface area contributed by atoms with E-state index in [1.807, 2.05) is 0 Å². The van der Waals surface area contributed by atoms with E-state index in [1.165, 1.54) is 16.8 Å². The van der Waals surface area contributed by atoms with Gasteiger partial charge >= 0.3 is 11.7 Å². The first-order valence-electron chi connectivity index (χ1n) is 10.7. The van der Waals surface area contributed by atoms with E-state index in [0.29, 0.717) is 5.56 Å². The van der Waals surface area contributed by atoms with Crippen molar-refractivity contribution in [2.75, 3.05) is 19.7 Å². The van der Waals surface area contributed by atoms with Crippen LogP contribution in [0.25, 0.3) is 6.08 Å². The average Bonchev–Trinajstić information content (AvgIpc) is 3.12. The Hall–Kier alpha value is -2.56. The Morgan fingerprint density at radius 1 is 1.35 bits per heavy atom. The molecule has 2 rings (SSSR count). The highest BCUT2D eigenvalue weighted by molar-refractivity contribution is 5.86. The van der Waals surface area contributed by atoms with Crippen molar-refractivity contribution in [2.45, 2.75) is 64.4 Å². The monoisotopic (exact) mass is 436 g/mol. The topological polar surface area (TPSA) is 137 Å². The number of carboxylic acid groups (broad SMARTS) is 1. The van der Waals surface area contributed by atoms with Gasteiger partial charge < -0.3 is 25.0 Å². The molecule has 1 aromatic rings. The second-order valence-electron chi connectivity index (χ2n) is 7.48. The summed E-state index contributed by atoms with van der Waals surface area (Å²) in [6.07, 6.45) is 7.00. The Morgan fingerprint density at radius 2 is 2.03 bits per heavy atom. The lowest BCUT2D eigenvalue weighted by atomic mass is 10.2. The molecule has 0 saturated carbocycles. The number of carboxylic acids is 1. The van der Waals surface area contributed by atoms with Crippen molar-refractivity contribution in [3.63, 3.8) is 0 Å². The number of rotatable bonds is 12. The summed E-state index contributed by atoms with van der Waals surface area (Å²) in [4.78, 5) is 34.1. The molecule has 2 heterocycles. The van der Waals surface area contributed by atoms with Crippen molar-refractivity contribution in [3.8, 4) is 0 Å². The van der Waals surface area contributed by atoms with Crippen molar-refractivity contribution in [3.05, 3.63) is 28.3 Å². The lowest BCUT2D eigenvalue weighted by Crippen LogP contribution is -2.28. The molecule has 0 unspecified atom stereocenters. The SMILES string of the molecule is CCCCN(C=Nc1nc(=O)n([C@H]2C[C@@H](O)[C@@H](CO)O2)cc1/C=C/C(=O)O)CCCC. The minimum absolute atomic E-state index is 0.106. The third-order valence-corrected chi connectivity index (χ3v) is 5.00. The predicted molar refractivity (Wildman–Crippen MR) is 116 cm³/mol. The van der Waals surface area contributed by atoms with Crippen molar-refractivity contribution >= 4 is 24.2 Å². The molecule has 0 radical (unpaired) electrons. The highest BCUT2D eigenvalue weighted by Gasteiger charge is 2.35. The molecule has 1 aromatic heterocycles. The fourth-order valence-corrected chi connectivity index (χ4v) is 3.20. The largest absolute Gasteiger partial charge is 0.478 e. The zero-order valence-corrected chi connectivity index (χ0v) is 18.1. The van der Waals surface area contributed by atoms with E-state index in [0.717, 1.165) is 44.8 Å². The minimum atomic E-state index is -1.15. The predicted octanol–water partition coefficient (Wildman–Crippen LogP) is 1.54. The summed E-state index contributed by atoms with van der Waals surface area (Å²) in [6, 6.07) is 0. The maximum Gasteiger partial charge on any atom is 0.351 e. The summed E-state index contributed by atoms with van der Waals surface area (Å²) in [5.74, 6) is -1.04. The summed E-state index contributed by atoms with van der Waals surface area (Å²) in [6.45, 7) is 5.49. The van der Waals surface area contributed by atoms with Crippen LogP contribution in [-0.2, 0) is 9.53 Å². The Balaban J connectivity index is 2.36. The normalized spacial score (nSPS) is 21.4. The molecule has 0 bridgehead atoms. The first-order valence-corrected chi connectivity index (χ1v) is 10.7. The van der Waals surface area contributed by atoms with Gasteiger partial charge in [0.05, 0.1) is 19.0 Å². The van der Waals surface area contributed by atoms with Gasteiger partial charge in [-0.1, -0.05) is 26.7 Å². The van der Waals surface area contributed by atoms with Gasteiger partial charge in [0.15, 0.2) is 5.82 Å². The zero-order chi connectivity index (χ0) is 22.8. The van der Waals surface area contributed by atoms with Gasteiger partial charge in [0.1, 0.15) is 12.3 Å². The molecule has 0 amide bonds. The molecule has 31 heavy (non-hydrogen) atoms. The molecular weight excluding hydrogens is 404 g/mol. The van der Waals surface area contributed by atoms with Gasteiger partial charge in [-0.05, 0) is 18.9 Å². The van der Waals surface area contributed by atoms with Crippen LogP contribution in [0.2, 0.25) is 0 Å². The number of aliphatic imine (C=N–C) groups is 1. The number of aliphatic hydroxyl groups excluding tert-OH is 2. The third-order valence-electron chi connectivity index (χ3n) is 5.00. The standard InChI is InChI=1S/C21H32N4O6/c1-3-5-9-24(10-6-4-2)14-22-20-15(7-8-19(28)29)12-25(21(30)23-20)18-11-16(27)17(13-26)31-18/h7-8,12,14,16-18,26-27H,3-6,9-11,13H2,1-2H3,(H,28,29)/b8-7+,22-14?/t16-,17-,18-/m1/s1. The average molecular weight is 437 g/mol. The number of aliphatic carboxylic acids is 1. The quantitative estimate of drug-likeness (QED) is 0.255. The molecule has 1 saturated heterocycles. The molecule has 1 fully saturated rings. The molecule has 0 aliphatic carbocycles. The van der Waals surface area contributed by atoms with Gasteiger partial charge in [0.2, 0.25) is 0 Å². The summed E-state index contributed by atoms with van der Waals surface area (Å²) >= 11 is 0. The van der Waals surface area contributed by atoms with E-state index in [9.17, 15) is 19.8 Å². The third kappa shape index (κ3) is 7.27. The second-order valence-corrected chi connectivity index (χ2v) is 7.48. The number of aromatic nitrogens is 2. The molecule has 10 heteroatoms. The van der Waals surface area contributed by atoms with Crippen molar-refractivity contribution in [1.82, 2.24) is 14.5 Å². The van der Waals surface area contributed by atoms with Crippen LogP contribution in [0.4, 0.5) is 5.82 Å². The summed E-state index contributed by atoms with van der Waals surface area (Å²) in [5.41, 5.74) is -0.307. The van der Waals surface area contributed by atoms with E-state index in [2.05, 4.69) is 28.7 Å². The van der Waals surface area contributed by atoms with Gasteiger partial charge in [-0.25, -0.2) is 14.6 Å². The summed E-state index contributed by atoms with van der Waals surface area (Å²) < 4.78 is 6.72. The molecular formula is C21H32N4O6. The number of nitrogens with zero attached hydrogens (tertiary/aromatic N) is 4. The number of aliphatic hydroxyl groups is 2. The van der Waals surface area contributed by atoms with E-state index < -0.39 is 30.1 Å². The Bertz CT molecular complexity index is 830. The lowest BCUT2D eigenvalue weighted by molar-refractivity contribution is -0.131. The van der Waals surface area contributed by atoms with E-state index >= 15 is 0 Å². The van der Waals surface area contributed by atoms with Crippen LogP contribution in [0.15, 0.2) is 22.1 Å². The number of hydrogen-bond acceptors (Lipinski definition) is 7. The van der Waals surface area contributed by atoms with Crippen molar-refractivity contribution in [2.24, 2.45) is 4.99 Å². The fourth-order valence-electron chi connectivity index (χ4n) is 3.20. The van der Waals surface area contributed by atoms with Gasteiger partial charge in [-0.15, -0.1) is 0 Å². The summed E-state index contributed by atoms with van der Waals surface area (Å²) in [7, 11) is 0. The van der Waals surface area contributed by atoms with Crippen molar-refractivity contribution < 1.29 is 24.9 Å². The Morgan fingerprint density at radius 3 is 2.58 bits per heavy atom. The van der Waals surface area contributed by atoms with Crippen LogP contribution in [0.5, 0.6) is 0 Å². The first-order chi connectivity index (χ1) is 14.9. The molecule has 172 valence electrons. The summed E-state index contributed by atoms with van der Waals surface area (Å²) in [5, 5.41) is 28.2. The van der Waals surface area contributed by atoms with E-state index in [4.69, 9.17) is 9.84 Å². The van der Waals surface area contributed by atoms with Gasteiger partial charge in [0, 0.05) is 37.3 Å². The van der Waals surface area contributed by atoms with Crippen LogP contribution in [0.3, 0.4) is 0 Å². The van der Waals surface area contributed by atoms with Crippen molar-refractivity contribution in [1.29, 1.82) is 0 Å². The zero-order valence-electron chi connectivity index (χ0n) is 18.1. The van der Waals surface area contributed by atoms with Gasteiger partial charge in [0.25, 0.3) is 0 Å². The second kappa shape index (κ2) is 12.3. The molecule has 0 spiro atoms. The highest BCUT2D eigenvalue weighted by Crippen LogP contribution is 2.28. The number of carbonyl (C=O) groups is 1.